The molecule has 3 saturated carbocycles. The van der Waals surface area contributed by atoms with Crippen molar-refractivity contribution in [2.24, 2.45) is 11.3 Å². The van der Waals surface area contributed by atoms with Gasteiger partial charge in [0, 0.05) is 17.5 Å². The van der Waals surface area contributed by atoms with Gasteiger partial charge in [-0.2, -0.15) is 18.2 Å². The molecule has 2 aromatic heterocycles. The van der Waals surface area contributed by atoms with Crippen LogP contribution in [0.5, 0.6) is 0 Å². The van der Waals surface area contributed by atoms with E-state index in [4.69, 9.17) is 4.98 Å². The van der Waals surface area contributed by atoms with Crippen molar-refractivity contribution in [1.82, 2.24) is 24.5 Å². The van der Waals surface area contributed by atoms with E-state index in [1.54, 1.807) is 13.0 Å². The first-order valence-electron chi connectivity index (χ1n) is 12.1. The summed E-state index contributed by atoms with van der Waals surface area (Å²) in [5, 5.41) is 11.9. The number of nitrogens with one attached hydrogen (secondary N) is 1. The molecule has 1 aromatic carbocycles. The van der Waals surface area contributed by atoms with Gasteiger partial charge < -0.3 is 10.2 Å². The average molecular weight is 485 g/mol. The first-order valence-corrected chi connectivity index (χ1v) is 12.1. The van der Waals surface area contributed by atoms with Gasteiger partial charge >= 0.3 is 6.18 Å². The topological polar surface area (TPSA) is 75.4 Å². The molecule has 3 aromatic rings. The molecule has 4 aliphatic rings. The van der Waals surface area contributed by atoms with Gasteiger partial charge in [-0.25, -0.2) is 0 Å². The molecule has 1 aliphatic heterocycles. The zero-order valence-corrected chi connectivity index (χ0v) is 19.9. The van der Waals surface area contributed by atoms with E-state index in [2.05, 4.69) is 15.5 Å². The van der Waals surface area contributed by atoms with Crippen LogP contribution in [0, 0.1) is 11.3 Å². The molecule has 7 nitrogen and oxygen atoms in total. The van der Waals surface area contributed by atoms with Crippen molar-refractivity contribution in [2.45, 2.75) is 71.3 Å². The van der Waals surface area contributed by atoms with Gasteiger partial charge in [0.25, 0.3) is 5.78 Å². The van der Waals surface area contributed by atoms with Crippen LogP contribution in [0.3, 0.4) is 0 Å². The van der Waals surface area contributed by atoms with Crippen LogP contribution < -0.4 is 5.32 Å². The van der Waals surface area contributed by atoms with Gasteiger partial charge in [0.1, 0.15) is 11.6 Å². The van der Waals surface area contributed by atoms with Crippen molar-refractivity contribution in [3.8, 4) is 0 Å². The molecule has 2 bridgehead atoms. The van der Waals surface area contributed by atoms with E-state index in [1.165, 1.54) is 6.07 Å². The van der Waals surface area contributed by atoms with Crippen LogP contribution >= 0.6 is 0 Å². The van der Waals surface area contributed by atoms with Gasteiger partial charge in [-0.05, 0) is 49.8 Å². The summed E-state index contributed by atoms with van der Waals surface area (Å²) in [7, 11) is 0. The number of hydrogen-bond acceptors (Lipinski definition) is 5. The number of alkyl halides is 3. The van der Waals surface area contributed by atoms with E-state index in [-0.39, 0.29) is 17.2 Å². The molecule has 3 fully saturated rings. The highest BCUT2D eigenvalue weighted by molar-refractivity contribution is 5.86. The summed E-state index contributed by atoms with van der Waals surface area (Å²) in [6, 6.07) is 4.86. The number of halogens is 3. The molecule has 3 aliphatic carbocycles. The molecule has 0 radical (unpaired) electrons. The second-order valence-corrected chi connectivity index (χ2v) is 10.6. The van der Waals surface area contributed by atoms with E-state index in [0.717, 1.165) is 48.5 Å². The van der Waals surface area contributed by atoms with Gasteiger partial charge in [-0.1, -0.05) is 26.0 Å². The first kappa shape index (κ1) is 22.3. The molecule has 0 saturated heterocycles. The highest BCUT2D eigenvalue weighted by atomic mass is 19.4. The van der Waals surface area contributed by atoms with Crippen LogP contribution in [0.2, 0.25) is 0 Å². The molecule has 10 heteroatoms. The Kier molecular flexibility index (Phi) is 4.72. The van der Waals surface area contributed by atoms with Crippen molar-refractivity contribution in [3.63, 3.8) is 0 Å². The Morgan fingerprint density at radius 1 is 1.14 bits per heavy atom. The second-order valence-electron chi connectivity index (χ2n) is 10.6. The van der Waals surface area contributed by atoms with Gasteiger partial charge in [-0.15, -0.1) is 10.2 Å². The number of fused-ring (bicyclic) bond motifs is 3. The smallest absolute Gasteiger partial charge is 0.363 e. The molecule has 1 atom stereocenters. The second kappa shape index (κ2) is 7.41. The number of benzene rings is 1. The number of aromatic nitrogens is 4. The number of carbonyl (C=O) groups is 1. The van der Waals surface area contributed by atoms with Crippen LogP contribution in [0.1, 0.15) is 80.2 Å². The van der Waals surface area contributed by atoms with Gasteiger partial charge in [0.15, 0.2) is 0 Å². The van der Waals surface area contributed by atoms with E-state index in [0.29, 0.717) is 36.2 Å². The summed E-state index contributed by atoms with van der Waals surface area (Å²) in [6.45, 7) is 6.73. The molecule has 0 spiro atoms. The van der Waals surface area contributed by atoms with Gasteiger partial charge in [0.05, 0.1) is 29.8 Å². The third-order valence-electron chi connectivity index (χ3n) is 7.84. The van der Waals surface area contributed by atoms with Crippen molar-refractivity contribution >= 4 is 17.5 Å². The minimum Gasteiger partial charge on any atom is -0.363 e. The highest BCUT2D eigenvalue weighted by Gasteiger charge is 2.62. The molecule has 7 rings (SSSR count). The summed E-state index contributed by atoms with van der Waals surface area (Å²) in [5.41, 5.74) is 1.41. The highest BCUT2D eigenvalue weighted by Crippen LogP contribution is 2.65. The number of amides is 1. The maximum atomic E-state index is 13.4. The average Bonchev–Trinajstić information content (AvgIpc) is 3.35. The molecular weight excluding hydrogens is 457 g/mol. The Morgan fingerprint density at radius 2 is 1.89 bits per heavy atom. The Bertz CT molecular complexity index is 1330. The van der Waals surface area contributed by atoms with Crippen LogP contribution in [0.25, 0.3) is 5.78 Å². The molecule has 1 N–H and O–H groups in total. The number of anilines is 1. The SMILES string of the molecule is CC(C)c1nnc2nc(NC(C)c3cccc(C(F)(F)F)c3)c3c(n12)CN(C(=O)C12CC(C1)C2)C3. The predicted molar refractivity (Wildman–Crippen MR) is 122 cm³/mol. The van der Waals surface area contributed by atoms with E-state index < -0.39 is 17.8 Å². The number of hydrogen-bond donors (Lipinski definition) is 1. The van der Waals surface area contributed by atoms with Crippen LogP contribution in [0.4, 0.5) is 19.0 Å². The van der Waals surface area contributed by atoms with Crippen LogP contribution in [-0.2, 0) is 24.1 Å². The molecule has 35 heavy (non-hydrogen) atoms. The van der Waals surface area contributed by atoms with Crippen molar-refractivity contribution in [2.75, 3.05) is 5.32 Å². The fourth-order valence-electron chi connectivity index (χ4n) is 5.80. The fraction of sp³-hybridized carbons (Fsp3) is 0.520. The third-order valence-corrected chi connectivity index (χ3v) is 7.84. The number of rotatable bonds is 5. The lowest BCUT2D eigenvalue weighted by Crippen LogP contribution is -2.60. The van der Waals surface area contributed by atoms with Crippen molar-refractivity contribution in [1.29, 1.82) is 0 Å². The Labute approximate surface area is 200 Å². The fourth-order valence-corrected chi connectivity index (χ4v) is 5.80. The monoisotopic (exact) mass is 484 g/mol. The lowest BCUT2D eigenvalue weighted by molar-refractivity contribution is -0.177. The van der Waals surface area contributed by atoms with Crippen molar-refractivity contribution in [3.05, 3.63) is 52.5 Å². The molecular formula is C25H27F3N6O. The normalized spacial score (nSPS) is 23.7. The van der Waals surface area contributed by atoms with Crippen LogP contribution in [-0.4, -0.2) is 30.4 Å². The summed E-state index contributed by atoms with van der Waals surface area (Å²) in [5.74, 6) is 2.75. The van der Waals surface area contributed by atoms with Gasteiger partial charge in [-0.3, -0.25) is 9.20 Å². The predicted octanol–water partition coefficient (Wildman–Crippen LogP) is 5.08. The van der Waals surface area contributed by atoms with E-state index in [9.17, 15) is 18.0 Å². The lowest BCUT2D eigenvalue weighted by atomic mass is 9.44. The summed E-state index contributed by atoms with van der Waals surface area (Å²) in [6.07, 6.45) is -1.47. The summed E-state index contributed by atoms with van der Waals surface area (Å²) < 4.78 is 41.7. The quantitative estimate of drug-likeness (QED) is 0.547. The molecule has 1 unspecified atom stereocenters. The Balaban J connectivity index is 1.37. The van der Waals surface area contributed by atoms with Gasteiger partial charge in [0.2, 0.25) is 5.91 Å². The standard InChI is InChI=1S/C25H27F3N6O/c1-13(2)21-31-32-23-30-20(29-14(3)16-5-4-6-17(7-16)25(26,27)28)18-11-33(12-19(18)34(21)23)22(35)24-8-15(9-24)10-24/h4-7,13-15H,8-12H2,1-3H3,(H,29,30,32). The zero-order valence-electron chi connectivity index (χ0n) is 19.9. The molecule has 3 heterocycles. The van der Waals surface area contributed by atoms with Crippen molar-refractivity contribution < 1.29 is 18.0 Å². The minimum atomic E-state index is -4.41. The summed E-state index contributed by atoms with van der Waals surface area (Å²) >= 11 is 0. The third kappa shape index (κ3) is 3.40. The number of carbonyl (C=O) groups excluding carboxylic acids is 1. The number of nitrogens with zero attached hydrogens (tertiary/aromatic N) is 5. The maximum absolute atomic E-state index is 13.4. The molecule has 184 valence electrons. The molecule has 1 amide bonds. The zero-order chi connectivity index (χ0) is 24.7. The maximum Gasteiger partial charge on any atom is 0.416 e. The largest absolute Gasteiger partial charge is 0.416 e. The first-order chi connectivity index (χ1) is 16.6. The van der Waals surface area contributed by atoms with E-state index >= 15 is 0 Å². The van der Waals surface area contributed by atoms with Crippen LogP contribution in [0.15, 0.2) is 24.3 Å². The lowest BCUT2D eigenvalue weighted by Gasteiger charge is -2.61. The minimum absolute atomic E-state index is 0.112. The summed E-state index contributed by atoms with van der Waals surface area (Å²) in [4.78, 5) is 20.0. The van der Waals surface area contributed by atoms with E-state index in [1.807, 2.05) is 23.1 Å². The Hall–Kier alpha value is -3.17. The Morgan fingerprint density at radius 3 is 2.51 bits per heavy atom.